The molecule has 3 aromatic rings. The molecule has 1 aliphatic rings. The molecule has 2 amide bonds. The molecule has 0 radical (unpaired) electrons. The van der Waals surface area contributed by atoms with Crippen LogP contribution in [0.3, 0.4) is 0 Å². The number of nitrogens with zero attached hydrogens (tertiary/aromatic N) is 2. The Kier molecular flexibility index (Phi) is 8.65. The highest BCUT2D eigenvalue weighted by atomic mass is 16.5. The van der Waals surface area contributed by atoms with Gasteiger partial charge >= 0.3 is 0 Å². The van der Waals surface area contributed by atoms with Gasteiger partial charge in [0.1, 0.15) is 11.5 Å². The number of benzene rings is 3. The predicted molar refractivity (Wildman–Crippen MR) is 148 cm³/mol. The molecule has 3 aromatic carbocycles. The number of anilines is 2. The Labute approximate surface area is 228 Å². The molecule has 206 valence electrons. The van der Waals surface area contributed by atoms with Gasteiger partial charge < -0.3 is 38.8 Å². The van der Waals surface area contributed by atoms with Crippen molar-refractivity contribution < 1.29 is 33.3 Å². The fraction of sp³-hybridized carbons (Fsp3) is 0.310. The molecular weight excluding hydrogens is 502 g/mol. The average molecular weight is 536 g/mol. The van der Waals surface area contributed by atoms with E-state index in [-0.39, 0.29) is 11.8 Å². The summed E-state index contributed by atoms with van der Waals surface area (Å²) in [6.07, 6.45) is 0. The summed E-state index contributed by atoms with van der Waals surface area (Å²) in [4.78, 5) is 30.0. The summed E-state index contributed by atoms with van der Waals surface area (Å²) in [6.45, 7) is 2.53. The van der Waals surface area contributed by atoms with Crippen LogP contribution in [-0.4, -0.2) is 78.4 Å². The highest BCUT2D eigenvalue weighted by Gasteiger charge is 2.23. The molecule has 0 saturated carbocycles. The predicted octanol–water partition coefficient (Wildman–Crippen LogP) is 3.94. The molecule has 39 heavy (non-hydrogen) atoms. The van der Waals surface area contributed by atoms with Crippen LogP contribution in [0.5, 0.6) is 28.7 Å². The van der Waals surface area contributed by atoms with Crippen LogP contribution in [0.4, 0.5) is 11.4 Å². The number of rotatable bonds is 9. The van der Waals surface area contributed by atoms with E-state index in [1.54, 1.807) is 44.6 Å². The van der Waals surface area contributed by atoms with Crippen molar-refractivity contribution in [2.45, 2.75) is 0 Å². The Hall–Kier alpha value is -4.60. The second kappa shape index (κ2) is 12.3. The van der Waals surface area contributed by atoms with Gasteiger partial charge in [-0.05, 0) is 48.5 Å². The third-order valence-electron chi connectivity index (χ3n) is 6.58. The molecule has 10 heteroatoms. The van der Waals surface area contributed by atoms with E-state index in [9.17, 15) is 9.59 Å². The van der Waals surface area contributed by atoms with Crippen LogP contribution < -0.4 is 33.9 Å². The molecule has 4 rings (SSSR count). The number of carbonyl (C=O) groups excluding carboxylic acids is 2. The molecule has 0 aromatic heterocycles. The first-order valence-electron chi connectivity index (χ1n) is 12.4. The van der Waals surface area contributed by atoms with E-state index in [0.717, 1.165) is 5.69 Å². The summed E-state index contributed by atoms with van der Waals surface area (Å²) in [6, 6.07) is 16.0. The second-order valence-electron chi connectivity index (χ2n) is 8.80. The maximum Gasteiger partial charge on any atom is 0.255 e. The normalized spacial score (nSPS) is 12.9. The fourth-order valence-corrected chi connectivity index (χ4v) is 4.45. The molecule has 0 spiro atoms. The Morgan fingerprint density at radius 3 is 1.72 bits per heavy atom. The lowest BCUT2D eigenvalue weighted by Crippen LogP contribution is -2.48. The molecule has 1 fully saturated rings. The number of hydrogen-bond donors (Lipinski definition) is 1. The molecule has 0 bridgehead atoms. The van der Waals surface area contributed by atoms with Gasteiger partial charge in [-0.3, -0.25) is 9.59 Å². The van der Waals surface area contributed by atoms with E-state index in [0.29, 0.717) is 71.7 Å². The van der Waals surface area contributed by atoms with Crippen molar-refractivity contribution in [1.29, 1.82) is 0 Å². The second-order valence-corrected chi connectivity index (χ2v) is 8.80. The summed E-state index contributed by atoms with van der Waals surface area (Å²) in [5, 5.41) is 2.90. The van der Waals surface area contributed by atoms with Crippen LogP contribution in [0.25, 0.3) is 0 Å². The molecule has 1 saturated heterocycles. The lowest BCUT2D eigenvalue weighted by Gasteiger charge is -2.36. The van der Waals surface area contributed by atoms with Gasteiger partial charge in [0.2, 0.25) is 5.75 Å². The van der Waals surface area contributed by atoms with Gasteiger partial charge in [-0.1, -0.05) is 0 Å². The van der Waals surface area contributed by atoms with E-state index in [2.05, 4.69) is 10.2 Å². The smallest absolute Gasteiger partial charge is 0.255 e. The number of nitrogens with one attached hydrogen (secondary N) is 1. The van der Waals surface area contributed by atoms with Crippen molar-refractivity contribution in [3.05, 3.63) is 65.7 Å². The molecule has 1 aliphatic heterocycles. The van der Waals surface area contributed by atoms with Gasteiger partial charge in [-0.25, -0.2) is 0 Å². The highest BCUT2D eigenvalue weighted by Crippen LogP contribution is 2.38. The fourth-order valence-electron chi connectivity index (χ4n) is 4.45. The molecule has 0 atom stereocenters. The number of hydrogen-bond acceptors (Lipinski definition) is 8. The standard InChI is InChI=1S/C29H33N3O7/c1-35-23-14-20(15-24(18-23)36-2)29(34)32-12-10-31(11-13-32)22-8-6-21(7-9-22)30-28(33)19-16-25(37-3)27(39-5)26(17-19)38-4/h6-9,14-18H,10-13H2,1-5H3,(H,30,33). The number of carbonyl (C=O) groups is 2. The molecule has 0 aliphatic carbocycles. The number of amides is 2. The minimum atomic E-state index is -0.302. The van der Waals surface area contributed by atoms with E-state index in [1.807, 2.05) is 29.2 Å². The van der Waals surface area contributed by atoms with Crippen LogP contribution in [0.15, 0.2) is 54.6 Å². The minimum absolute atomic E-state index is 0.0586. The van der Waals surface area contributed by atoms with E-state index in [1.165, 1.54) is 21.3 Å². The van der Waals surface area contributed by atoms with Crippen LogP contribution in [0.2, 0.25) is 0 Å². The third kappa shape index (κ3) is 6.11. The van der Waals surface area contributed by atoms with E-state index >= 15 is 0 Å². The zero-order valence-corrected chi connectivity index (χ0v) is 22.8. The SMILES string of the molecule is COc1cc(OC)cc(C(=O)N2CCN(c3ccc(NC(=O)c4cc(OC)c(OC)c(OC)c4)cc3)CC2)c1. The Balaban J connectivity index is 1.37. The van der Waals surface area contributed by atoms with E-state index in [4.69, 9.17) is 23.7 Å². The molecule has 1 heterocycles. The summed E-state index contributed by atoms with van der Waals surface area (Å²) < 4.78 is 26.6. The summed E-state index contributed by atoms with van der Waals surface area (Å²) >= 11 is 0. The van der Waals surface area contributed by atoms with Crippen molar-refractivity contribution in [3.63, 3.8) is 0 Å². The molecule has 0 unspecified atom stereocenters. The van der Waals surface area contributed by atoms with Crippen LogP contribution >= 0.6 is 0 Å². The van der Waals surface area contributed by atoms with Crippen molar-refractivity contribution in [2.75, 3.05) is 71.9 Å². The van der Waals surface area contributed by atoms with Gasteiger partial charge in [0.15, 0.2) is 11.5 Å². The minimum Gasteiger partial charge on any atom is -0.497 e. The Bertz CT molecular complexity index is 1270. The first kappa shape index (κ1) is 27.4. The lowest BCUT2D eigenvalue weighted by atomic mass is 10.1. The maximum absolute atomic E-state index is 13.1. The zero-order valence-electron chi connectivity index (χ0n) is 22.8. The highest BCUT2D eigenvalue weighted by molar-refractivity contribution is 6.05. The first-order valence-corrected chi connectivity index (χ1v) is 12.4. The third-order valence-corrected chi connectivity index (χ3v) is 6.58. The summed E-state index contributed by atoms with van der Waals surface area (Å²) in [7, 11) is 7.64. The van der Waals surface area contributed by atoms with Crippen molar-refractivity contribution >= 4 is 23.2 Å². The molecule has 10 nitrogen and oxygen atoms in total. The molecule has 1 N–H and O–H groups in total. The number of piperazine rings is 1. The van der Waals surface area contributed by atoms with Crippen LogP contribution in [0, 0.1) is 0 Å². The quantitative estimate of drug-likeness (QED) is 0.440. The van der Waals surface area contributed by atoms with Crippen LogP contribution in [-0.2, 0) is 0 Å². The van der Waals surface area contributed by atoms with Gasteiger partial charge in [0.05, 0.1) is 35.5 Å². The van der Waals surface area contributed by atoms with Gasteiger partial charge in [-0.2, -0.15) is 0 Å². The first-order chi connectivity index (χ1) is 18.9. The number of methoxy groups -OCH3 is 5. The summed E-state index contributed by atoms with van der Waals surface area (Å²) in [5.41, 5.74) is 2.57. The lowest BCUT2D eigenvalue weighted by molar-refractivity contribution is 0.0746. The average Bonchev–Trinajstić information content (AvgIpc) is 2.99. The van der Waals surface area contributed by atoms with Crippen molar-refractivity contribution in [1.82, 2.24) is 4.90 Å². The topological polar surface area (TPSA) is 98.8 Å². The summed E-state index contributed by atoms with van der Waals surface area (Å²) in [5.74, 6) is 2.02. The monoisotopic (exact) mass is 535 g/mol. The maximum atomic E-state index is 13.1. The Morgan fingerprint density at radius 2 is 1.23 bits per heavy atom. The Morgan fingerprint density at radius 1 is 0.667 bits per heavy atom. The largest absolute Gasteiger partial charge is 0.497 e. The van der Waals surface area contributed by atoms with Gasteiger partial charge in [0.25, 0.3) is 11.8 Å². The van der Waals surface area contributed by atoms with Gasteiger partial charge in [0, 0.05) is 54.7 Å². The van der Waals surface area contributed by atoms with Crippen LogP contribution in [0.1, 0.15) is 20.7 Å². The van der Waals surface area contributed by atoms with Crippen molar-refractivity contribution in [3.8, 4) is 28.7 Å². The number of ether oxygens (including phenoxy) is 5. The van der Waals surface area contributed by atoms with E-state index < -0.39 is 0 Å². The van der Waals surface area contributed by atoms with Crippen molar-refractivity contribution in [2.24, 2.45) is 0 Å². The zero-order chi connectivity index (χ0) is 27.9. The van der Waals surface area contributed by atoms with Gasteiger partial charge in [-0.15, -0.1) is 0 Å². The molecular formula is C29H33N3O7.